The third-order valence-corrected chi connectivity index (χ3v) is 3.39. The van der Waals surface area contributed by atoms with Crippen LogP contribution in [0.4, 0.5) is 0 Å². The number of methoxy groups -OCH3 is 1. The van der Waals surface area contributed by atoms with Crippen LogP contribution in [0.1, 0.15) is 17.4 Å². The molecule has 0 aliphatic carbocycles. The van der Waals surface area contributed by atoms with Crippen LogP contribution in [-0.4, -0.2) is 18.1 Å². The third kappa shape index (κ3) is 3.94. The SMILES string of the molecule is COc1ccc(CC(C)N)cc1OCc1cncs1. The van der Waals surface area contributed by atoms with Gasteiger partial charge >= 0.3 is 0 Å². The first-order valence-corrected chi connectivity index (χ1v) is 6.99. The van der Waals surface area contributed by atoms with E-state index in [-0.39, 0.29) is 6.04 Å². The van der Waals surface area contributed by atoms with E-state index in [1.165, 1.54) is 0 Å². The van der Waals surface area contributed by atoms with Crippen molar-refractivity contribution in [2.75, 3.05) is 7.11 Å². The molecule has 2 aromatic rings. The lowest BCUT2D eigenvalue weighted by Crippen LogP contribution is -2.17. The van der Waals surface area contributed by atoms with Crippen molar-refractivity contribution in [2.24, 2.45) is 5.73 Å². The summed E-state index contributed by atoms with van der Waals surface area (Å²) in [6.07, 6.45) is 2.63. The maximum Gasteiger partial charge on any atom is 0.161 e. The molecular formula is C14H18N2O2S. The molecule has 1 aromatic heterocycles. The average molecular weight is 278 g/mol. The van der Waals surface area contributed by atoms with Crippen molar-refractivity contribution in [3.05, 3.63) is 40.3 Å². The van der Waals surface area contributed by atoms with Crippen LogP contribution in [-0.2, 0) is 13.0 Å². The molecule has 0 saturated heterocycles. The smallest absolute Gasteiger partial charge is 0.161 e. The van der Waals surface area contributed by atoms with Crippen molar-refractivity contribution in [3.8, 4) is 11.5 Å². The van der Waals surface area contributed by atoms with Crippen molar-refractivity contribution >= 4 is 11.3 Å². The molecule has 1 unspecified atom stereocenters. The highest BCUT2D eigenvalue weighted by molar-refractivity contribution is 7.09. The number of nitrogens with two attached hydrogens (primary N) is 1. The fraction of sp³-hybridized carbons (Fsp3) is 0.357. The molecule has 19 heavy (non-hydrogen) atoms. The largest absolute Gasteiger partial charge is 0.493 e. The standard InChI is InChI=1S/C14H18N2O2S/c1-10(15)5-11-3-4-13(17-2)14(6-11)18-8-12-7-16-9-19-12/h3-4,6-7,9-10H,5,8,15H2,1-2H3. The molecule has 0 spiro atoms. The molecule has 0 bridgehead atoms. The van der Waals surface area contributed by atoms with Gasteiger partial charge in [-0.05, 0) is 31.0 Å². The summed E-state index contributed by atoms with van der Waals surface area (Å²) in [5.41, 5.74) is 8.76. The quantitative estimate of drug-likeness (QED) is 0.882. The Hall–Kier alpha value is -1.59. The van der Waals surface area contributed by atoms with Crippen LogP contribution in [0.2, 0.25) is 0 Å². The van der Waals surface area contributed by atoms with Gasteiger partial charge in [-0.15, -0.1) is 11.3 Å². The van der Waals surface area contributed by atoms with Crippen LogP contribution < -0.4 is 15.2 Å². The molecule has 1 heterocycles. The molecule has 0 radical (unpaired) electrons. The lowest BCUT2D eigenvalue weighted by atomic mass is 10.1. The van der Waals surface area contributed by atoms with Gasteiger partial charge in [0.2, 0.25) is 0 Å². The van der Waals surface area contributed by atoms with Gasteiger partial charge in [-0.2, -0.15) is 0 Å². The molecule has 2 N–H and O–H groups in total. The highest BCUT2D eigenvalue weighted by Crippen LogP contribution is 2.29. The summed E-state index contributed by atoms with van der Waals surface area (Å²) in [4.78, 5) is 5.11. The predicted molar refractivity (Wildman–Crippen MR) is 76.8 cm³/mol. The maximum atomic E-state index is 5.82. The average Bonchev–Trinajstić information content (AvgIpc) is 2.89. The summed E-state index contributed by atoms with van der Waals surface area (Å²) < 4.78 is 11.1. The second kappa shape index (κ2) is 6.54. The first kappa shape index (κ1) is 13.8. The Kier molecular flexibility index (Phi) is 4.76. The normalized spacial score (nSPS) is 12.2. The zero-order valence-electron chi connectivity index (χ0n) is 11.1. The summed E-state index contributed by atoms with van der Waals surface area (Å²) in [5, 5.41) is 0. The van der Waals surface area contributed by atoms with Crippen molar-refractivity contribution in [1.29, 1.82) is 0 Å². The van der Waals surface area contributed by atoms with E-state index < -0.39 is 0 Å². The minimum atomic E-state index is 0.128. The summed E-state index contributed by atoms with van der Waals surface area (Å²) in [5.74, 6) is 1.48. The van der Waals surface area contributed by atoms with Crippen molar-refractivity contribution < 1.29 is 9.47 Å². The number of rotatable bonds is 6. The molecule has 5 heteroatoms. The molecule has 1 aromatic carbocycles. The highest BCUT2D eigenvalue weighted by Gasteiger charge is 2.08. The summed E-state index contributed by atoms with van der Waals surface area (Å²) >= 11 is 1.57. The molecule has 2 rings (SSSR count). The zero-order chi connectivity index (χ0) is 13.7. The number of ether oxygens (including phenoxy) is 2. The molecular weight excluding hydrogens is 260 g/mol. The molecule has 0 saturated carbocycles. The molecule has 4 nitrogen and oxygen atoms in total. The molecule has 102 valence electrons. The van der Waals surface area contributed by atoms with E-state index in [0.717, 1.165) is 28.4 Å². The van der Waals surface area contributed by atoms with Gasteiger partial charge in [-0.3, -0.25) is 4.98 Å². The van der Waals surface area contributed by atoms with E-state index in [1.807, 2.05) is 31.3 Å². The number of aromatic nitrogens is 1. The Labute approximate surface area is 117 Å². The number of hydrogen-bond donors (Lipinski definition) is 1. The van der Waals surface area contributed by atoms with Crippen LogP contribution in [0.5, 0.6) is 11.5 Å². The monoisotopic (exact) mass is 278 g/mol. The van der Waals surface area contributed by atoms with Gasteiger partial charge in [0.25, 0.3) is 0 Å². The van der Waals surface area contributed by atoms with Crippen molar-refractivity contribution in [1.82, 2.24) is 4.98 Å². The van der Waals surface area contributed by atoms with E-state index in [2.05, 4.69) is 4.98 Å². The number of thiazole rings is 1. The van der Waals surface area contributed by atoms with Crippen molar-refractivity contribution in [2.45, 2.75) is 26.0 Å². The number of benzene rings is 1. The van der Waals surface area contributed by atoms with E-state index in [4.69, 9.17) is 15.2 Å². The Bertz CT molecular complexity index is 512. The van der Waals surface area contributed by atoms with Crippen LogP contribution in [0.25, 0.3) is 0 Å². The van der Waals surface area contributed by atoms with Gasteiger partial charge in [-0.1, -0.05) is 6.07 Å². The minimum absolute atomic E-state index is 0.128. The first-order valence-electron chi connectivity index (χ1n) is 6.11. The van der Waals surface area contributed by atoms with Gasteiger partial charge in [0.15, 0.2) is 11.5 Å². The molecule has 1 atom stereocenters. The van der Waals surface area contributed by atoms with E-state index in [9.17, 15) is 0 Å². The first-order chi connectivity index (χ1) is 9.19. The number of nitrogens with zero attached hydrogens (tertiary/aromatic N) is 1. The lowest BCUT2D eigenvalue weighted by Gasteiger charge is -2.12. The minimum Gasteiger partial charge on any atom is -0.493 e. The van der Waals surface area contributed by atoms with Gasteiger partial charge in [0.1, 0.15) is 6.61 Å². The van der Waals surface area contributed by atoms with Crippen LogP contribution in [0, 0.1) is 0 Å². The van der Waals surface area contributed by atoms with Gasteiger partial charge < -0.3 is 15.2 Å². The molecule has 0 fully saturated rings. The van der Waals surface area contributed by atoms with E-state index in [1.54, 1.807) is 24.0 Å². The van der Waals surface area contributed by atoms with Crippen molar-refractivity contribution in [3.63, 3.8) is 0 Å². The molecule has 0 aliphatic rings. The lowest BCUT2D eigenvalue weighted by molar-refractivity contribution is 0.286. The second-order valence-corrected chi connectivity index (χ2v) is 5.39. The topological polar surface area (TPSA) is 57.4 Å². The van der Waals surface area contributed by atoms with Crippen LogP contribution >= 0.6 is 11.3 Å². The Morgan fingerprint density at radius 2 is 2.21 bits per heavy atom. The van der Waals surface area contributed by atoms with Gasteiger partial charge in [-0.25, -0.2) is 0 Å². The highest BCUT2D eigenvalue weighted by atomic mass is 32.1. The summed E-state index contributed by atoms with van der Waals surface area (Å²) in [7, 11) is 1.64. The van der Waals surface area contributed by atoms with Gasteiger partial charge in [0.05, 0.1) is 17.5 Å². The zero-order valence-corrected chi connectivity index (χ0v) is 11.9. The Morgan fingerprint density at radius 3 is 2.84 bits per heavy atom. The van der Waals surface area contributed by atoms with E-state index >= 15 is 0 Å². The summed E-state index contributed by atoms with van der Waals surface area (Å²) in [6, 6.07) is 6.05. The fourth-order valence-electron chi connectivity index (χ4n) is 1.79. The summed E-state index contributed by atoms with van der Waals surface area (Å²) in [6.45, 7) is 2.49. The fourth-order valence-corrected chi connectivity index (χ4v) is 2.30. The third-order valence-electron chi connectivity index (χ3n) is 2.64. The Morgan fingerprint density at radius 1 is 1.37 bits per heavy atom. The van der Waals surface area contributed by atoms with Crippen LogP contribution in [0.15, 0.2) is 29.9 Å². The molecule has 0 amide bonds. The molecule has 0 aliphatic heterocycles. The Balaban J connectivity index is 2.11. The maximum absolute atomic E-state index is 5.82. The van der Waals surface area contributed by atoms with Crippen LogP contribution in [0.3, 0.4) is 0 Å². The second-order valence-electron chi connectivity index (χ2n) is 4.42. The van der Waals surface area contributed by atoms with E-state index in [0.29, 0.717) is 6.61 Å². The number of hydrogen-bond acceptors (Lipinski definition) is 5. The van der Waals surface area contributed by atoms with Gasteiger partial charge in [0, 0.05) is 12.2 Å². The predicted octanol–water partition coefficient (Wildman–Crippen LogP) is 2.62.